The van der Waals surface area contributed by atoms with Gasteiger partial charge in [-0.15, -0.1) is 0 Å². The third-order valence-electron chi connectivity index (χ3n) is 8.17. The number of nitrogens with zero attached hydrogens (tertiary/aromatic N) is 3. The molecule has 0 saturated carbocycles. The van der Waals surface area contributed by atoms with Crippen molar-refractivity contribution in [2.45, 2.75) is 65.2 Å². The maximum Gasteiger partial charge on any atom is 0.324 e. The molecule has 0 spiro atoms. The van der Waals surface area contributed by atoms with E-state index in [-0.39, 0.29) is 17.4 Å². The molecule has 0 radical (unpaired) electrons. The smallest absolute Gasteiger partial charge is 0.324 e. The molecule has 3 aromatic carbocycles. The largest absolute Gasteiger partial charge is 0.343 e. The fourth-order valence-electron chi connectivity index (χ4n) is 5.50. The SMILES string of the molecule is Cc1ccc(-n2nc(C(C)(C)C)cc2NC(=O)Nc2ccc(CC3CCN(C(=O)CCc4ccccc4)CC3)cc2)cc1. The van der Waals surface area contributed by atoms with Crippen molar-refractivity contribution in [3.63, 3.8) is 0 Å². The summed E-state index contributed by atoms with van der Waals surface area (Å²) in [5, 5.41) is 10.8. The van der Waals surface area contributed by atoms with Crippen LogP contribution in [0.1, 0.15) is 62.4 Å². The van der Waals surface area contributed by atoms with Crippen LogP contribution in [0, 0.1) is 12.8 Å². The number of likely N-dealkylation sites (tertiary alicyclic amines) is 1. The second-order valence-electron chi connectivity index (χ2n) is 12.7. The molecule has 0 atom stereocenters. The van der Waals surface area contributed by atoms with Crippen molar-refractivity contribution < 1.29 is 9.59 Å². The van der Waals surface area contributed by atoms with E-state index in [9.17, 15) is 9.59 Å². The van der Waals surface area contributed by atoms with Gasteiger partial charge in [-0.25, -0.2) is 9.48 Å². The van der Waals surface area contributed by atoms with Crippen molar-refractivity contribution in [1.82, 2.24) is 14.7 Å². The lowest BCUT2D eigenvalue weighted by Crippen LogP contribution is -2.39. The van der Waals surface area contributed by atoms with E-state index < -0.39 is 0 Å². The average molecular weight is 578 g/mol. The van der Waals surface area contributed by atoms with Gasteiger partial charge in [0.1, 0.15) is 5.82 Å². The summed E-state index contributed by atoms with van der Waals surface area (Å²) in [6.45, 7) is 10.0. The molecule has 2 N–H and O–H groups in total. The van der Waals surface area contributed by atoms with E-state index in [0.717, 1.165) is 61.4 Å². The molecule has 5 rings (SSSR count). The van der Waals surface area contributed by atoms with Crippen LogP contribution in [-0.4, -0.2) is 39.7 Å². The molecule has 3 amide bonds. The summed E-state index contributed by atoms with van der Waals surface area (Å²) in [4.78, 5) is 27.7. The zero-order chi connectivity index (χ0) is 30.4. The summed E-state index contributed by atoms with van der Waals surface area (Å²) in [6, 6.07) is 28.0. The molecule has 224 valence electrons. The van der Waals surface area contributed by atoms with Crippen LogP contribution in [-0.2, 0) is 23.1 Å². The highest BCUT2D eigenvalue weighted by atomic mass is 16.2. The average Bonchev–Trinajstić information content (AvgIpc) is 3.42. The molecule has 1 saturated heterocycles. The number of aromatic nitrogens is 2. The second kappa shape index (κ2) is 13.3. The fourth-order valence-corrected chi connectivity index (χ4v) is 5.50. The van der Waals surface area contributed by atoms with Crippen LogP contribution in [0.2, 0.25) is 0 Å². The number of anilines is 2. The summed E-state index contributed by atoms with van der Waals surface area (Å²) >= 11 is 0. The predicted molar refractivity (Wildman–Crippen MR) is 174 cm³/mol. The Morgan fingerprint density at radius 3 is 2.19 bits per heavy atom. The Kier molecular flexibility index (Phi) is 9.29. The van der Waals surface area contributed by atoms with Gasteiger partial charge < -0.3 is 10.2 Å². The summed E-state index contributed by atoms with van der Waals surface area (Å²) in [5.74, 6) is 1.43. The first-order valence-electron chi connectivity index (χ1n) is 15.3. The lowest BCUT2D eigenvalue weighted by Gasteiger charge is -2.32. The molecule has 1 aliphatic heterocycles. The Bertz CT molecular complexity index is 1510. The van der Waals surface area contributed by atoms with E-state index in [2.05, 4.69) is 55.7 Å². The number of benzene rings is 3. The van der Waals surface area contributed by atoms with E-state index in [4.69, 9.17) is 5.10 Å². The first-order valence-corrected chi connectivity index (χ1v) is 15.3. The maximum absolute atomic E-state index is 13.0. The van der Waals surface area contributed by atoms with Crippen molar-refractivity contribution in [3.05, 3.63) is 107 Å². The van der Waals surface area contributed by atoms with Crippen molar-refractivity contribution in [2.24, 2.45) is 5.92 Å². The molecule has 7 heteroatoms. The second-order valence-corrected chi connectivity index (χ2v) is 12.7. The third-order valence-corrected chi connectivity index (χ3v) is 8.17. The van der Waals surface area contributed by atoms with Gasteiger partial charge in [-0.1, -0.05) is 80.9 Å². The van der Waals surface area contributed by atoms with Gasteiger partial charge in [-0.2, -0.15) is 5.10 Å². The van der Waals surface area contributed by atoms with Crippen LogP contribution >= 0.6 is 0 Å². The molecular weight excluding hydrogens is 534 g/mol. The van der Waals surface area contributed by atoms with Gasteiger partial charge in [0.05, 0.1) is 11.4 Å². The lowest BCUT2D eigenvalue weighted by molar-refractivity contribution is -0.132. The molecule has 7 nitrogen and oxygen atoms in total. The molecule has 0 bridgehead atoms. The van der Waals surface area contributed by atoms with Crippen LogP contribution < -0.4 is 10.6 Å². The number of nitrogens with one attached hydrogen (secondary N) is 2. The summed E-state index contributed by atoms with van der Waals surface area (Å²) in [5.41, 5.74) is 5.98. The third kappa shape index (κ3) is 8.13. The summed E-state index contributed by atoms with van der Waals surface area (Å²) < 4.78 is 1.78. The Hall–Kier alpha value is -4.39. The number of hydrogen-bond donors (Lipinski definition) is 2. The number of piperidine rings is 1. The number of rotatable bonds is 8. The van der Waals surface area contributed by atoms with E-state index in [1.807, 2.05) is 72.5 Å². The number of aryl methyl sites for hydroxylation is 2. The standard InChI is InChI=1S/C36H43N5O2/c1-26-10-17-31(18-11-26)41-33(25-32(39-41)36(2,3)4)38-35(43)37-30-15-12-28(13-16-30)24-29-20-22-40(23-21-29)34(42)19-14-27-8-6-5-7-9-27/h5-13,15-18,25,29H,14,19-24H2,1-4H3,(H2,37,38,43). The van der Waals surface area contributed by atoms with E-state index in [1.54, 1.807) is 4.68 Å². The van der Waals surface area contributed by atoms with E-state index in [1.165, 1.54) is 11.1 Å². The Morgan fingerprint density at radius 1 is 0.860 bits per heavy atom. The first kappa shape index (κ1) is 30.1. The first-order chi connectivity index (χ1) is 20.6. The topological polar surface area (TPSA) is 79.3 Å². The van der Waals surface area contributed by atoms with Gasteiger partial charge in [-0.05, 0) is 73.9 Å². The minimum Gasteiger partial charge on any atom is -0.343 e. The Labute approximate surface area is 255 Å². The highest BCUT2D eigenvalue weighted by Crippen LogP contribution is 2.27. The number of urea groups is 1. The maximum atomic E-state index is 13.0. The minimum atomic E-state index is -0.314. The van der Waals surface area contributed by atoms with Crippen LogP contribution in [0.5, 0.6) is 0 Å². The molecule has 0 unspecified atom stereocenters. The van der Waals surface area contributed by atoms with Gasteiger partial charge in [0.15, 0.2) is 0 Å². The van der Waals surface area contributed by atoms with Gasteiger partial charge in [0, 0.05) is 36.7 Å². The van der Waals surface area contributed by atoms with Gasteiger partial charge >= 0.3 is 6.03 Å². The normalized spacial score (nSPS) is 14.0. The number of carbonyl (C=O) groups is 2. The van der Waals surface area contributed by atoms with Crippen molar-refractivity contribution in [2.75, 3.05) is 23.7 Å². The monoisotopic (exact) mass is 577 g/mol. The summed E-state index contributed by atoms with van der Waals surface area (Å²) in [6.07, 6.45) is 4.38. The van der Waals surface area contributed by atoms with Crippen LogP contribution in [0.25, 0.3) is 5.69 Å². The van der Waals surface area contributed by atoms with E-state index in [0.29, 0.717) is 18.2 Å². The molecule has 43 heavy (non-hydrogen) atoms. The molecule has 1 aromatic heterocycles. The lowest BCUT2D eigenvalue weighted by atomic mass is 9.90. The highest BCUT2D eigenvalue weighted by Gasteiger charge is 2.23. The number of amides is 3. The number of hydrogen-bond acceptors (Lipinski definition) is 3. The van der Waals surface area contributed by atoms with Crippen LogP contribution in [0.4, 0.5) is 16.3 Å². The molecule has 0 aliphatic carbocycles. The molecule has 1 aliphatic rings. The van der Waals surface area contributed by atoms with Crippen molar-refractivity contribution in [1.29, 1.82) is 0 Å². The predicted octanol–water partition coefficient (Wildman–Crippen LogP) is 7.54. The van der Waals surface area contributed by atoms with Gasteiger partial charge in [0.25, 0.3) is 0 Å². The summed E-state index contributed by atoms with van der Waals surface area (Å²) in [7, 11) is 0. The molecule has 4 aromatic rings. The zero-order valence-corrected chi connectivity index (χ0v) is 25.8. The zero-order valence-electron chi connectivity index (χ0n) is 25.8. The molecule has 2 heterocycles. The highest BCUT2D eigenvalue weighted by molar-refractivity contribution is 5.99. The fraction of sp³-hybridized carbons (Fsp3) is 0.361. The minimum absolute atomic E-state index is 0.160. The van der Waals surface area contributed by atoms with Crippen LogP contribution in [0.3, 0.4) is 0 Å². The Balaban J connectivity index is 1.12. The quantitative estimate of drug-likeness (QED) is 0.227. The molecular formula is C36H43N5O2. The van der Waals surface area contributed by atoms with E-state index >= 15 is 0 Å². The molecule has 1 fully saturated rings. The van der Waals surface area contributed by atoms with Crippen molar-refractivity contribution >= 4 is 23.4 Å². The van der Waals surface area contributed by atoms with Crippen molar-refractivity contribution in [3.8, 4) is 5.69 Å². The van der Waals surface area contributed by atoms with Gasteiger partial charge in [-0.3, -0.25) is 10.1 Å². The van der Waals surface area contributed by atoms with Gasteiger partial charge in [0.2, 0.25) is 5.91 Å². The Morgan fingerprint density at radius 2 is 1.53 bits per heavy atom. The van der Waals surface area contributed by atoms with Crippen LogP contribution in [0.15, 0.2) is 84.9 Å². The number of carbonyl (C=O) groups excluding carboxylic acids is 2.